The van der Waals surface area contributed by atoms with E-state index >= 15 is 0 Å². The Balaban J connectivity index is 1.35. The molecule has 2 aromatic carbocycles. The number of fused-ring (bicyclic) bond motifs is 1. The number of nitrogens with one attached hydrogen (secondary N) is 1. The van der Waals surface area contributed by atoms with Gasteiger partial charge in [-0.2, -0.15) is 5.10 Å². The number of benzene rings is 2. The van der Waals surface area contributed by atoms with Crippen molar-refractivity contribution >= 4 is 16.9 Å². The maximum atomic E-state index is 12.4. The van der Waals surface area contributed by atoms with Crippen LogP contribution in [0.5, 0.6) is 0 Å². The van der Waals surface area contributed by atoms with Gasteiger partial charge in [-0.15, -0.1) is 0 Å². The number of hydrogen-bond donors (Lipinski definition) is 1. The first kappa shape index (κ1) is 18.9. The summed E-state index contributed by atoms with van der Waals surface area (Å²) in [6.07, 6.45) is 2.20. The summed E-state index contributed by atoms with van der Waals surface area (Å²) in [6.45, 7) is 5.89. The fourth-order valence-corrected chi connectivity index (χ4v) is 3.59. The Labute approximate surface area is 170 Å². The molecule has 0 aliphatic carbocycles. The Morgan fingerprint density at radius 2 is 1.79 bits per heavy atom. The number of carbonyl (C=O) groups is 1. The minimum Gasteiger partial charge on any atom is -0.352 e. The van der Waals surface area contributed by atoms with Crippen molar-refractivity contribution < 1.29 is 4.79 Å². The predicted molar refractivity (Wildman–Crippen MR) is 113 cm³/mol. The third kappa shape index (κ3) is 4.21. The summed E-state index contributed by atoms with van der Waals surface area (Å²) in [6, 6.07) is 18.2. The maximum absolute atomic E-state index is 12.4. The molecule has 6 nitrogen and oxygen atoms in total. The van der Waals surface area contributed by atoms with Crippen LogP contribution in [0.3, 0.4) is 0 Å². The molecule has 0 saturated carbocycles. The van der Waals surface area contributed by atoms with E-state index in [2.05, 4.69) is 34.5 Å². The van der Waals surface area contributed by atoms with Crippen LogP contribution in [0, 0.1) is 13.8 Å². The van der Waals surface area contributed by atoms with E-state index in [1.54, 1.807) is 6.33 Å². The number of imidazole rings is 1. The van der Waals surface area contributed by atoms with E-state index in [1.807, 2.05) is 58.6 Å². The lowest BCUT2D eigenvalue weighted by Crippen LogP contribution is -2.24. The van der Waals surface area contributed by atoms with E-state index in [0.717, 1.165) is 34.5 Å². The molecule has 148 valence electrons. The number of aromatic nitrogens is 4. The first-order chi connectivity index (χ1) is 14.1. The van der Waals surface area contributed by atoms with Gasteiger partial charge in [0.1, 0.15) is 0 Å². The van der Waals surface area contributed by atoms with Crippen LogP contribution in [0.25, 0.3) is 11.0 Å². The molecule has 0 spiro atoms. The van der Waals surface area contributed by atoms with E-state index in [1.165, 1.54) is 5.56 Å². The second kappa shape index (κ2) is 8.31. The molecule has 4 aromatic rings. The number of carbonyl (C=O) groups excluding carboxylic acids is 1. The normalized spacial score (nSPS) is 11.1. The van der Waals surface area contributed by atoms with E-state index in [4.69, 9.17) is 0 Å². The number of amides is 1. The maximum Gasteiger partial charge on any atom is 0.222 e. The van der Waals surface area contributed by atoms with E-state index in [0.29, 0.717) is 19.5 Å². The highest BCUT2D eigenvalue weighted by Crippen LogP contribution is 2.15. The lowest BCUT2D eigenvalue weighted by atomic mass is 10.2. The third-order valence-electron chi connectivity index (χ3n) is 5.28. The molecule has 0 saturated heterocycles. The lowest BCUT2D eigenvalue weighted by Gasteiger charge is -2.08. The van der Waals surface area contributed by atoms with Gasteiger partial charge in [0.25, 0.3) is 0 Å². The van der Waals surface area contributed by atoms with Crippen molar-refractivity contribution in [2.24, 2.45) is 0 Å². The standard InChI is InChI=1S/C23H25N5O/c1-17-20(18(2)28(26-17)15-19-8-4-3-5-9-19)14-24-23(29)12-13-27-16-25-21-10-6-7-11-22(21)27/h3-11,16H,12-15H2,1-2H3,(H,24,29). The molecule has 0 radical (unpaired) electrons. The first-order valence-corrected chi connectivity index (χ1v) is 9.85. The second-order valence-corrected chi connectivity index (χ2v) is 7.25. The number of nitrogens with zero attached hydrogens (tertiary/aromatic N) is 4. The summed E-state index contributed by atoms with van der Waals surface area (Å²) in [5.41, 5.74) is 6.34. The molecule has 1 N–H and O–H groups in total. The minimum atomic E-state index is 0.0254. The van der Waals surface area contributed by atoms with Crippen molar-refractivity contribution in [1.29, 1.82) is 0 Å². The van der Waals surface area contributed by atoms with Crippen LogP contribution in [0.4, 0.5) is 0 Å². The molecule has 2 heterocycles. The zero-order chi connectivity index (χ0) is 20.2. The average Bonchev–Trinajstić information content (AvgIpc) is 3.26. The van der Waals surface area contributed by atoms with Crippen LogP contribution in [0.15, 0.2) is 60.9 Å². The Bertz CT molecular complexity index is 1130. The second-order valence-electron chi connectivity index (χ2n) is 7.25. The molecule has 2 aromatic heterocycles. The third-order valence-corrected chi connectivity index (χ3v) is 5.28. The predicted octanol–water partition coefficient (Wildman–Crippen LogP) is 3.60. The van der Waals surface area contributed by atoms with Crippen molar-refractivity contribution in [3.63, 3.8) is 0 Å². The molecular formula is C23H25N5O. The Kier molecular flexibility index (Phi) is 5.42. The zero-order valence-corrected chi connectivity index (χ0v) is 16.8. The highest BCUT2D eigenvalue weighted by atomic mass is 16.1. The average molecular weight is 387 g/mol. The summed E-state index contributed by atoms with van der Waals surface area (Å²) < 4.78 is 4.02. The molecule has 0 bridgehead atoms. The van der Waals surface area contributed by atoms with Crippen LogP contribution in [-0.2, 0) is 24.4 Å². The molecule has 4 rings (SSSR count). The molecule has 1 amide bonds. The van der Waals surface area contributed by atoms with E-state index < -0.39 is 0 Å². The molecule has 29 heavy (non-hydrogen) atoms. The van der Waals surface area contributed by atoms with E-state index in [-0.39, 0.29) is 5.91 Å². The first-order valence-electron chi connectivity index (χ1n) is 9.85. The fraction of sp³-hybridized carbons (Fsp3) is 0.261. The SMILES string of the molecule is Cc1nn(Cc2ccccc2)c(C)c1CNC(=O)CCn1cnc2ccccc21. The topological polar surface area (TPSA) is 64.7 Å². The van der Waals surface area contributed by atoms with Crippen molar-refractivity contribution in [1.82, 2.24) is 24.6 Å². The van der Waals surface area contributed by atoms with Crippen LogP contribution in [-0.4, -0.2) is 25.2 Å². The molecule has 0 unspecified atom stereocenters. The Hall–Kier alpha value is -3.41. The Morgan fingerprint density at radius 3 is 2.62 bits per heavy atom. The minimum absolute atomic E-state index is 0.0254. The van der Waals surface area contributed by atoms with E-state index in [9.17, 15) is 4.79 Å². The van der Waals surface area contributed by atoms with Gasteiger partial charge in [-0.3, -0.25) is 9.48 Å². The lowest BCUT2D eigenvalue weighted by molar-refractivity contribution is -0.121. The van der Waals surface area contributed by atoms with Gasteiger partial charge >= 0.3 is 0 Å². The van der Waals surface area contributed by atoms with Crippen molar-refractivity contribution in [2.75, 3.05) is 0 Å². The van der Waals surface area contributed by atoms with Crippen LogP contribution in [0.1, 0.15) is 28.9 Å². The number of aryl methyl sites for hydroxylation is 2. The van der Waals surface area contributed by atoms with Gasteiger partial charge in [0.15, 0.2) is 0 Å². The van der Waals surface area contributed by atoms with Gasteiger partial charge in [0.05, 0.1) is 29.6 Å². The highest BCUT2D eigenvalue weighted by Gasteiger charge is 2.13. The molecular weight excluding hydrogens is 362 g/mol. The molecule has 0 aliphatic rings. The largest absolute Gasteiger partial charge is 0.352 e. The number of rotatable bonds is 7. The Morgan fingerprint density at radius 1 is 1.03 bits per heavy atom. The summed E-state index contributed by atoms with van der Waals surface area (Å²) in [4.78, 5) is 16.8. The zero-order valence-electron chi connectivity index (χ0n) is 16.8. The van der Waals surface area contributed by atoms with Gasteiger partial charge in [0, 0.05) is 30.8 Å². The molecule has 0 fully saturated rings. The summed E-state index contributed by atoms with van der Waals surface area (Å²) >= 11 is 0. The highest BCUT2D eigenvalue weighted by molar-refractivity contribution is 5.77. The van der Waals surface area contributed by atoms with Gasteiger partial charge < -0.3 is 9.88 Å². The fourth-order valence-electron chi connectivity index (χ4n) is 3.59. The number of hydrogen-bond acceptors (Lipinski definition) is 3. The van der Waals surface area contributed by atoms with Crippen molar-refractivity contribution in [3.05, 3.63) is 83.4 Å². The van der Waals surface area contributed by atoms with Crippen LogP contribution < -0.4 is 5.32 Å². The smallest absolute Gasteiger partial charge is 0.222 e. The quantitative estimate of drug-likeness (QED) is 0.527. The van der Waals surface area contributed by atoms with Gasteiger partial charge in [-0.1, -0.05) is 42.5 Å². The molecule has 0 aliphatic heterocycles. The molecule has 0 atom stereocenters. The van der Waals surface area contributed by atoms with Gasteiger partial charge in [-0.05, 0) is 31.5 Å². The summed E-state index contributed by atoms with van der Waals surface area (Å²) in [5, 5.41) is 7.70. The summed E-state index contributed by atoms with van der Waals surface area (Å²) in [7, 11) is 0. The van der Waals surface area contributed by atoms with Crippen LogP contribution >= 0.6 is 0 Å². The monoisotopic (exact) mass is 387 g/mol. The number of para-hydroxylation sites is 2. The van der Waals surface area contributed by atoms with Crippen molar-refractivity contribution in [2.45, 2.75) is 39.9 Å². The summed E-state index contributed by atoms with van der Waals surface area (Å²) in [5.74, 6) is 0.0254. The van der Waals surface area contributed by atoms with Gasteiger partial charge in [-0.25, -0.2) is 4.98 Å². The van der Waals surface area contributed by atoms with Crippen LogP contribution in [0.2, 0.25) is 0 Å². The van der Waals surface area contributed by atoms with Crippen molar-refractivity contribution in [3.8, 4) is 0 Å². The molecule has 6 heteroatoms. The van der Waals surface area contributed by atoms with Gasteiger partial charge in [0.2, 0.25) is 5.91 Å².